The first kappa shape index (κ1) is 19.6. The second-order valence-corrected chi connectivity index (χ2v) is 6.22. The number of nitro groups is 2. The predicted octanol–water partition coefficient (Wildman–Crippen LogP) is 3.44. The van der Waals surface area contributed by atoms with Gasteiger partial charge in [0, 0.05) is 44.0 Å². The molecule has 1 fully saturated rings. The summed E-state index contributed by atoms with van der Waals surface area (Å²) in [6.45, 7) is 1.65. The molecule has 2 aromatic rings. The first-order chi connectivity index (χ1) is 13.1. The quantitative estimate of drug-likeness (QED) is 0.559. The average Bonchev–Trinajstić information content (AvgIpc) is 3.10. The summed E-state index contributed by atoms with van der Waals surface area (Å²) in [4.78, 5) is 23.4. The fourth-order valence-corrected chi connectivity index (χ4v) is 3.06. The van der Waals surface area contributed by atoms with E-state index < -0.39 is 27.3 Å². The average molecular weight is 400 g/mol. The van der Waals surface area contributed by atoms with Gasteiger partial charge in [0.25, 0.3) is 5.69 Å². The van der Waals surface area contributed by atoms with E-state index in [0.717, 1.165) is 12.1 Å². The molecule has 3 rings (SSSR count). The van der Waals surface area contributed by atoms with Crippen LogP contribution in [-0.4, -0.2) is 40.9 Å². The molecule has 28 heavy (non-hydrogen) atoms. The lowest BCUT2D eigenvalue weighted by Crippen LogP contribution is -2.46. The van der Waals surface area contributed by atoms with Crippen LogP contribution in [0, 0.1) is 20.2 Å². The molecule has 0 unspecified atom stereocenters. The largest absolute Gasteiger partial charge is 0.433 e. The highest BCUT2D eigenvalue weighted by molar-refractivity contribution is 5.59. The van der Waals surface area contributed by atoms with Gasteiger partial charge in [-0.25, -0.2) is 0 Å². The number of piperazine rings is 1. The molecule has 1 aromatic heterocycles. The van der Waals surface area contributed by atoms with Crippen LogP contribution < -0.4 is 4.90 Å². The number of halogens is 3. The SMILES string of the molecule is O=[N+]([O-])c1ccc(N2CCN(Cc3ccc([N+](=O)[O-])o3)CC2)c(C(F)(F)F)c1. The Bertz CT molecular complexity index is 891. The van der Waals surface area contributed by atoms with Crippen LogP contribution in [0.15, 0.2) is 34.7 Å². The van der Waals surface area contributed by atoms with Crippen LogP contribution >= 0.6 is 0 Å². The highest BCUT2D eigenvalue weighted by atomic mass is 19.4. The Morgan fingerprint density at radius 3 is 2.21 bits per heavy atom. The van der Waals surface area contributed by atoms with Gasteiger partial charge in [-0.3, -0.25) is 25.1 Å². The third-order valence-electron chi connectivity index (χ3n) is 4.42. The van der Waals surface area contributed by atoms with Gasteiger partial charge in [0.15, 0.2) is 0 Å². The topological polar surface area (TPSA) is 106 Å². The van der Waals surface area contributed by atoms with Gasteiger partial charge in [-0.2, -0.15) is 13.2 Å². The molecule has 1 saturated heterocycles. The van der Waals surface area contributed by atoms with Crippen molar-refractivity contribution in [2.24, 2.45) is 0 Å². The Balaban J connectivity index is 1.70. The molecular weight excluding hydrogens is 385 g/mol. The molecule has 0 bridgehead atoms. The number of nitrogens with zero attached hydrogens (tertiary/aromatic N) is 4. The van der Waals surface area contributed by atoms with Gasteiger partial charge in [-0.05, 0) is 12.1 Å². The van der Waals surface area contributed by atoms with E-state index >= 15 is 0 Å². The zero-order valence-corrected chi connectivity index (χ0v) is 14.4. The fourth-order valence-electron chi connectivity index (χ4n) is 3.06. The first-order valence-corrected chi connectivity index (χ1v) is 8.21. The molecular formula is C16H15F3N4O5. The second-order valence-electron chi connectivity index (χ2n) is 6.22. The maximum Gasteiger partial charge on any atom is 0.433 e. The number of rotatable bonds is 5. The third kappa shape index (κ3) is 4.22. The van der Waals surface area contributed by atoms with Gasteiger partial charge >= 0.3 is 12.1 Å². The highest BCUT2D eigenvalue weighted by Gasteiger charge is 2.37. The molecule has 1 aliphatic rings. The fraction of sp³-hybridized carbons (Fsp3) is 0.375. The third-order valence-corrected chi connectivity index (χ3v) is 4.42. The molecule has 1 aromatic carbocycles. The van der Waals surface area contributed by atoms with E-state index in [0.29, 0.717) is 31.5 Å². The zero-order valence-electron chi connectivity index (χ0n) is 14.4. The van der Waals surface area contributed by atoms with Crippen molar-refractivity contribution in [1.29, 1.82) is 0 Å². The minimum Gasteiger partial charge on any atom is -0.404 e. The number of anilines is 1. The van der Waals surface area contributed by atoms with E-state index in [2.05, 4.69) is 0 Å². The molecule has 0 saturated carbocycles. The molecule has 9 nitrogen and oxygen atoms in total. The maximum atomic E-state index is 13.4. The standard InChI is InChI=1S/C16H15F3N4O5/c17-16(18,19)13-9-11(22(24)25)1-3-14(13)21-7-5-20(6-8-21)10-12-2-4-15(28-12)23(26)27/h1-4,9H,5-8,10H2. The Hall–Kier alpha value is -3.15. The van der Waals surface area contributed by atoms with Gasteiger partial charge < -0.3 is 9.32 Å². The lowest BCUT2D eigenvalue weighted by molar-refractivity contribution is -0.402. The summed E-state index contributed by atoms with van der Waals surface area (Å²) in [5.41, 5.74) is -1.77. The van der Waals surface area contributed by atoms with E-state index in [1.165, 1.54) is 17.0 Å². The predicted molar refractivity (Wildman–Crippen MR) is 91.0 cm³/mol. The van der Waals surface area contributed by atoms with Crippen molar-refractivity contribution in [3.8, 4) is 0 Å². The van der Waals surface area contributed by atoms with E-state index in [1.54, 1.807) is 0 Å². The minimum atomic E-state index is -4.72. The molecule has 0 radical (unpaired) electrons. The summed E-state index contributed by atoms with van der Waals surface area (Å²) >= 11 is 0. The van der Waals surface area contributed by atoms with Crippen molar-refractivity contribution >= 4 is 17.3 Å². The zero-order chi connectivity index (χ0) is 20.5. The van der Waals surface area contributed by atoms with Gasteiger partial charge in [-0.1, -0.05) is 0 Å². The Morgan fingerprint density at radius 2 is 1.68 bits per heavy atom. The molecule has 2 heterocycles. The van der Waals surface area contributed by atoms with E-state index in [9.17, 15) is 33.4 Å². The van der Waals surface area contributed by atoms with E-state index in [-0.39, 0.29) is 24.7 Å². The molecule has 0 atom stereocenters. The van der Waals surface area contributed by atoms with Crippen LogP contribution in [0.2, 0.25) is 0 Å². The lowest BCUT2D eigenvalue weighted by Gasteiger charge is -2.36. The van der Waals surface area contributed by atoms with E-state index in [1.807, 2.05) is 4.90 Å². The molecule has 0 amide bonds. The maximum absolute atomic E-state index is 13.4. The van der Waals surface area contributed by atoms with Gasteiger partial charge in [0.1, 0.15) is 10.7 Å². The Morgan fingerprint density at radius 1 is 1.00 bits per heavy atom. The second kappa shape index (κ2) is 7.46. The summed E-state index contributed by atoms with van der Waals surface area (Å²) in [5, 5.41) is 21.4. The molecule has 0 N–H and O–H groups in total. The lowest BCUT2D eigenvalue weighted by atomic mass is 10.1. The number of hydrogen-bond donors (Lipinski definition) is 0. The number of nitro benzene ring substituents is 1. The van der Waals surface area contributed by atoms with Crippen molar-refractivity contribution in [2.75, 3.05) is 31.1 Å². The van der Waals surface area contributed by atoms with E-state index in [4.69, 9.17) is 4.42 Å². The summed E-state index contributed by atoms with van der Waals surface area (Å²) in [7, 11) is 0. The van der Waals surface area contributed by atoms with Gasteiger partial charge in [0.2, 0.25) is 0 Å². The normalized spacial score (nSPS) is 15.6. The van der Waals surface area contributed by atoms with Gasteiger partial charge in [-0.15, -0.1) is 0 Å². The monoisotopic (exact) mass is 400 g/mol. The van der Waals surface area contributed by atoms with Crippen molar-refractivity contribution in [3.05, 3.63) is 61.9 Å². The minimum absolute atomic E-state index is 0.105. The summed E-state index contributed by atoms with van der Waals surface area (Å²) in [6, 6.07) is 5.45. The van der Waals surface area contributed by atoms with Crippen molar-refractivity contribution in [2.45, 2.75) is 12.7 Å². The number of furan rings is 1. The van der Waals surface area contributed by atoms with Crippen LogP contribution in [0.5, 0.6) is 0 Å². The molecule has 150 valence electrons. The molecule has 1 aliphatic heterocycles. The first-order valence-electron chi connectivity index (χ1n) is 8.21. The van der Waals surface area contributed by atoms with Crippen molar-refractivity contribution in [3.63, 3.8) is 0 Å². The van der Waals surface area contributed by atoms with Crippen LogP contribution in [0.3, 0.4) is 0 Å². The highest BCUT2D eigenvalue weighted by Crippen LogP contribution is 2.39. The number of hydrogen-bond acceptors (Lipinski definition) is 7. The van der Waals surface area contributed by atoms with Crippen LogP contribution in [-0.2, 0) is 12.7 Å². The van der Waals surface area contributed by atoms with Gasteiger partial charge in [0.05, 0.1) is 23.1 Å². The molecule has 0 aliphatic carbocycles. The number of alkyl halides is 3. The van der Waals surface area contributed by atoms with Crippen LogP contribution in [0.25, 0.3) is 0 Å². The summed E-state index contributed by atoms with van der Waals surface area (Å²) < 4.78 is 45.1. The van der Waals surface area contributed by atoms with Crippen molar-refractivity contribution in [1.82, 2.24) is 4.90 Å². The van der Waals surface area contributed by atoms with Crippen molar-refractivity contribution < 1.29 is 27.4 Å². The summed E-state index contributed by atoms with van der Waals surface area (Å²) in [5.74, 6) is 0.0285. The van der Waals surface area contributed by atoms with Crippen LogP contribution in [0.4, 0.5) is 30.4 Å². The van der Waals surface area contributed by atoms with Crippen LogP contribution in [0.1, 0.15) is 11.3 Å². The number of non-ortho nitro benzene ring substituents is 1. The summed E-state index contributed by atoms with van der Waals surface area (Å²) in [6.07, 6.45) is -4.72. The Kier molecular flexibility index (Phi) is 5.23. The molecule has 12 heteroatoms. The Labute approximate surface area is 156 Å². The number of benzene rings is 1. The molecule has 0 spiro atoms. The smallest absolute Gasteiger partial charge is 0.404 e.